The molecule has 1 fully saturated rings. The monoisotopic (exact) mass is 373 g/mol. The lowest BCUT2D eigenvalue weighted by Gasteiger charge is -2.11. The largest absolute Gasteiger partial charge is 0.370 e. The summed E-state index contributed by atoms with van der Waals surface area (Å²) < 4.78 is 0. The average molecular weight is 373 g/mol. The van der Waals surface area contributed by atoms with Crippen molar-refractivity contribution in [3.8, 4) is 0 Å². The molecule has 1 aliphatic carbocycles. The smallest absolute Gasteiger partial charge is 0.193 e. The number of rotatable bonds is 4. The summed E-state index contributed by atoms with van der Waals surface area (Å²) in [6.45, 7) is 7.26. The van der Waals surface area contributed by atoms with Crippen LogP contribution in [0.15, 0.2) is 23.2 Å². The number of nitrogens with two attached hydrogens (primary N) is 1. The first-order chi connectivity index (χ1) is 8.53. The Morgan fingerprint density at radius 3 is 2.32 bits per heavy atom. The molecule has 1 aromatic rings. The van der Waals surface area contributed by atoms with E-state index in [9.17, 15) is 0 Å². The van der Waals surface area contributed by atoms with Crippen molar-refractivity contribution in [2.75, 3.05) is 11.9 Å². The molecule has 0 aliphatic heterocycles. The fourth-order valence-corrected chi connectivity index (χ4v) is 2.29. The van der Waals surface area contributed by atoms with E-state index in [1.165, 1.54) is 30.4 Å². The van der Waals surface area contributed by atoms with Crippen LogP contribution in [0.3, 0.4) is 0 Å². The number of benzene rings is 1. The zero-order valence-corrected chi connectivity index (χ0v) is 14.3. The number of aliphatic imine (C=N–C) groups is 1. The van der Waals surface area contributed by atoms with Crippen molar-refractivity contribution in [1.29, 1.82) is 0 Å². The molecule has 1 aliphatic rings. The van der Waals surface area contributed by atoms with Gasteiger partial charge >= 0.3 is 0 Å². The molecule has 4 heteroatoms. The topological polar surface area (TPSA) is 50.4 Å². The number of halogens is 1. The molecule has 3 N–H and O–H groups in total. The predicted molar refractivity (Wildman–Crippen MR) is 93.4 cm³/mol. The molecule has 106 valence electrons. The molecular weight excluding hydrogens is 349 g/mol. The number of hydrogen-bond acceptors (Lipinski definition) is 1. The molecule has 0 bridgehead atoms. The van der Waals surface area contributed by atoms with E-state index in [-0.39, 0.29) is 24.0 Å². The molecule has 0 aromatic heterocycles. The van der Waals surface area contributed by atoms with Crippen LogP contribution in [0, 0.1) is 19.3 Å². The molecule has 19 heavy (non-hydrogen) atoms. The standard InChI is InChI=1S/C15H23N3.HI/c1-4-15(5-6-15)10-17-14(16)18-13-8-11(2)7-12(3)9-13;/h7-9H,4-6,10H2,1-3H3,(H3,16,17,18);1H. The third kappa shape index (κ3) is 4.67. The van der Waals surface area contributed by atoms with Gasteiger partial charge in [0.1, 0.15) is 0 Å². The molecular formula is C15H24IN3. The van der Waals surface area contributed by atoms with Crippen molar-refractivity contribution in [1.82, 2.24) is 0 Å². The van der Waals surface area contributed by atoms with Gasteiger partial charge in [-0.2, -0.15) is 0 Å². The number of aryl methyl sites for hydroxylation is 2. The summed E-state index contributed by atoms with van der Waals surface area (Å²) in [7, 11) is 0. The third-order valence-electron chi connectivity index (χ3n) is 3.79. The van der Waals surface area contributed by atoms with Crippen LogP contribution < -0.4 is 11.1 Å². The van der Waals surface area contributed by atoms with Crippen molar-refractivity contribution >= 4 is 35.6 Å². The van der Waals surface area contributed by atoms with Crippen molar-refractivity contribution in [3.05, 3.63) is 29.3 Å². The number of nitrogens with zero attached hydrogens (tertiary/aromatic N) is 1. The zero-order valence-electron chi connectivity index (χ0n) is 12.0. The molecule has 1 saturated carbocycles. The van der Waals surface area contributed by atoms with Gasteiger partial charge in [-0.1, -0.05) is 13.0 Å². The lowest BCUT2D eigenvalue weighted by molar-refractivity contribution is 0.506. The maximum Gasteiger partial charge on any atom is 0.193 e. The second-order valence-electron chi connectivity index (χ2n) is 5.56. The predicted octanol–water partition coefficient (Wildman–Crippen LogP) is 3.84. The summed E-state index contributed by atoms with van der Waals surface area (Å²) in [6, 6.07) is 6.32. The van der Waals surface area contributed by atoms with Gasteiger partial charge in [0, 0.05) is 12.2 Å². The van der Waals surface area contributed by atoms with Gasteiger partial charge in [0.2, 0.25) is 0 Å². The van der Waals surface area contributed by atoms with Crippen LogP contribution >= 0.6 is 24.0 Å². The van der Waals surface area contributed by atoms with Gasteiger partial charge in [-0.05, 0) is 61.8 Å². The Labute approximate surface area is 133 Å². The fraction of sp³-hybridized carbons (Fsp3) is 0.533. The van der Waals surface area contributed by atoms with E-state index in [0.29, 0.717) is 11.4 Å². The maximum absolute atomic E-state index is 5.93. The normalized spacial score (nSPS) is 16.7. The highest BCUT2D eigenvalue weighted by Crippen LogP contribution is 2.48. The maximum atomic E-state index is 5.93. The van der Waals surface area contributed by atoms with Crippen LogP contribution in [0.1, 0.15) is 37.3 Å². The SMILES string of the molecule is CCC1(CN=C(N)Nc2cc(C)cc(C)c2)CC1.I. The first-order valence-electron chi connectivity index (χ1n) is 6.68. The van der Waals surface area contributed by atoms with E-state index < -0.39 is 0 Å². The summed E-state index contributed by atoms with van der Waals surface area (Å²) in [5.41, 5.74) is 9.88. The molecule has 0 radical (unpaired) electrons. The molecule has 3 nitrogen and oxygen atoms in total. The number of anilines is 1. The highest BCUT2D eigenvalue weighted by atomic mass is 127. The van der Waals surface area contributed by atoms with E-state index in [2.05, 4.69) is 49.3 Å². The Bertz CT molecular complexity index is 444. The van der Waals surface area contributed by atoms with E-state index in [1.807, 2.05) is 0 Å². The van der Waals surface area contributed by atoms with Gasteiger partial charge < -0.3 is 11.1 Å². The molecule has 0 saturated heterocycles. The lowest BCUT2D eigenvalue weighted by Crippen LogP contribution is -2.24. The van der Waals surface area contributed by atoms with Gasteiger partial charge in [0.15, 0.2) is 5.96 Å². The summed E-state index contributed by atoms with van der Waals surface area (Å²) >= 11 is 0. The molecule has 0 spiro atoms. The molecule has 0 atom stereocenters. The Hall–Kier alpha value is -0.780. The Balaban J connectivity index is 0.00000180. The third-order valence-corrected chi connectivity index (χ3v) is 3.79. The highest BCUT2D eigenvalue weighted by molar-refractivity contribution is 14.0. The van der Waals surface area contributed by atoms with Crippen molar-refractivity contribution in [3.63, 3.8) is 0 Å². The minimum absolute atomic E-state index is 0. The minimum Gasteiger partial charge on any atom is -0.370 e. The van der Waals surface area contributed by atoms with Gasteiger partial charge in [-0.25, -0.2) is 0 Å². The zero-order chi connectivity index (χ0) is 13.2. The van der Waals surface area contributed by atoms with Crippen LogP contribution in [0.4, 0.5) is 5.69 Å². The first-order valence-corrected chi connectivity index (χ1v) is 6.68. The number of hydrogen-bond donors (Lipinski definition) is 2. The quantitative estimate of drug-likeness (QED) is 0.479. The van der Waals surface area contributed by atoms with Crippen LogP contribution in [0.2, 0.25) is 0 Å². The van der Waals surface area contributed by atoms with Gasteiger partial charge in [-0.3, -0.25) is 4.99 Å². The number of guanidine groups is 1. The first kappa shape index (κ1) is 16.3. The van der Waals surface area contributed by atoms with Gasteiger partial charge in [0.25, 0.3) is 0 Å². The van der Waals surface area contributed by atoms with Gasteiger partial charge in [0.05, 0.1) is 0 Å². The average Bonchev–Trinajstić information content (AvgIpc) is 3.05. The number of nitrogens with one attached hydrogen (secondary N) is 1. The second-order valence-corrected chi connectivity index (χ2v) is 5.56. The van der Waals surface area contributed by atoms with Gasteiger partial charge in [-0.15, -0.1) is 24.0 Å². The summed E-state index contributed by atoms with van der Waals surface area (Å²) in [4.78, 5) is 4.47. The van der Waals surface area contributed by atoms with Crippen molar-refractivity contribution in [2.45, 2.75) is 40.0 Å². The lowest BCUT2D eigenvalue weighted by atomic mass is 10.1. The molecule has 2 rings (SSSR count). The van der Waals surface area contributed by atoms with Crippen LogP contribution in [-0.4, -0.2) is 12.5 Å². The summed E-state index contributed by atoms with van der Waals surface area (Å²) in [5.74, 6) is 0.528. The van der Waals surface area contributed by atoms with Crippen LogP contribution in [0.25, 0.3) is 0 Å². The highest BCUT2D eigenvalue weighted by Gasteiger charge is 2.40. The van der Waals surface area contributed by atoms with Crippen LogP contribution in [0.5, 0.6) is 0 Å². The Kier molecular flexibility index (Phi) is 5.64. The van der Waals surface area contributed by atoms with Crippen LogP contribution in [-0.2, 0) is 0 Å². The summed E-state index contributed by atoms with van der Waals surface area (Å²) in [5, 5.41) is 3.18. The van der Waals surface area contributed by atoms with Crippen molar-refractivity contribution in [2.24, 2.45) is 16.1 Å². The van der Waals surface area contributed by atoms with Crippen molar-refractivity contribution < 1.29 is 0 Å². The van der Waals surface area contributed by atoms with E-state index in [0.717, 1.165) is 12.2 Å². The molecule has 0 heterocycles. The van der Waals surface area contributed by atoms with E-state index in [4.69, 9.17) is 5.73 Å². The molecule has 1 aromatic carbocycles. The molecule has 0 unspecified atom stereocenters. The molecule has 0 amide bonds. The van der Waals surface area contributed by atoms with E-state index >= 15 is 0 Å². The summed E-state index contributed by atoms with van der Waals surface area (Å²) in [6.07, 6.45) is 3.79. The Morgan fingerprint density at radius 2 is 1.84 bits per heavy atom. The minimum atomic E-state index is 0. The van der Waals surface area contributed by atoms with E-state index in [1.54, 1.807) is 0 Å². The fourth-order valence-electron chi connectivity index (χ4n) is 2.29. The second kappa shape index (κ2) is 6.59. The Morgan fingerprint density at radius 1 is 1.26 bits per heavy atom.